The minimum absolute atomic E-state index is 0.392. The normalized spacial score (nSPS) is 10.7. The number of methoxy groups -OCH3 is 1. The van der Waals surface area contributed by atoms with Crippen LogP contribution in [0.5, 0.6) is 17.2 Å². The number of para-hydroxylation sites is 3. The Kier molecular flexibility index (Phi) is 5.48. The fraction of sp³-hybridized carbons (Fsp3) is 0.294. The molecule has 0 atom stereocenters. The molecule has 0 amide bonds. The molecule has 2 rings (SSSR count). The third-order valence-electron chi connectivity index (χ3n) is 3.03. The van der Waals surface area contributed by atoms with Crippen molar-refractivity contribution < 1.29 is 9.47 Å². The number of halogens is 1. The molecule has 2 aromatic carbocycles. The van der Waals surface area contributed by atoms with E-state index in [0.717, 1.165) is 5.56 Å². The van der Waals surface area contributed by atoms with Crippen LogP contribution in [0.15, 0.2) is 42.5 Å². The molecule has 1 N–H and O–H groups in total. The summed E-state index contributed by atoms with van der Waals surface area (Å²) in [7, 11) is 1.62. The maximum Gasteiger partial charge on any atom is 0.169 e. The lowest BCUT2D eigenvalue weighted by Gasteiger charge is -2.16. The number of benzene rings is 2. The van der Waals surface area contributed by atoms with Gasteiger partial charge in [-0.3, -0.25) is 0 Å². The second kappa shape index (κ2) is 7.34. The summed E-state index contributed by atoms with van der Waals surface area (Å²) in [5.74, 6) is 2.00. The van der Waals surface area contributed by atoms with Gasteiger partial charge in [0.15, 0.2) is 17.2 Å². The highest BCUT2D eigenvalue weighted by molar-refractivity contribution is 6.32. The van der Waals surface area contributed by atoms with Gasteiger partial charge in [-0.2, -0.15) is 0 Å². The van der Waals surface area contributed by atoms with Crippen molar-refractivity contribution in [3.05, 3.63) is 53.1 Å². The maximum absolute atomic E-state index is 6.30. The van der Waals surface area contributed by atoms with E-state index >= 15 is 0 Å². The molecule has 0 aromatic heterocycles. The molecule has 0 radical (unpaired) electrons. The summed E-state index contributed by atoms with van der Waals surface area (Å²) >= 11 is 6.30. The number of nitrogens with one attached hydrogen (secondary N) is 1. The zero-order valence-corrected chi connectivity index (χ0v) is 13.3. The molecule has 0 aliphatic rings. The topological polar surface area (TPSA) is 30.5 Å². The molecule has 0 heterocycles. The van der Waals surface area contributed by atoms with Gasteiger partial charge in [0.1, 0.15) is 0 Å². The summed E-state index contributed by atoms with van der Waals surface area (Å²) in [4.78, 5) is 0. The van der Waals surface area contributed by atoms with Gasteiger partial charge in [-0.1, -0.05) is 49.7 Å². The third-order valence-corrected chi connectivity index (χ3v) is 3.33. The van der Waals surface area contributed by atoms with Gasteiger partial charge >= 0.3 is 0 Å². The average Bonchev–Trinajstić information content (AvgIpc) is 2.48. The van der Waals surface area contributed by atoms with Crippen molar-refractivity contribution in [3.63, 3.8) is 0 Å². The number of rotatable bonds is 6. The fourth-order valence-electron chi connectivity index (χ4n) is 1.93. The molecule has 4 heteroatoms. The summed E-state index contributed by atoms with van der Waals surface area (Å²) in [6.45, 7) is 4.90. The highest BCUT2D eigenvalue weighted by atomic mass is 35.5. The van der Waals surface area contributed by atoms with Crippen LogP contribution in [0, 0.1) is 0 Å². The molecule has 0 saturated heterocycles. The van der Waals surface area contributed by atoms with Crippen LogP contribution < -0.4 is 14.8 Å². The van der Waals surface area contributed by atoms with E-state index in [1.807, 2.05) is 42.5 Å². The molecule has 3 nitrogen and oxygen atoms in total. The van der Waals surface area contributed by atoms with Gasteiger partial charge in [-0.25, -0.2) is 0 Å². The van der Waals surface area contributed by atoms with E-state index in [0.29, 0.717) is 34.9 Å². The predicted octanol–water partition coefficient (Wildman–Crippen LogP) is 4.64. The Labute approximate surface area is 130 Å². The van der Waals surface area contributed by atoms with Crippen molar-refractivity contribution in [2.75, 3.05) is 7.11 Å². The van der Waals surface area contributed by atoms with Gasteiger partial charge in [0.05, 0.1) is 12.1 Å². The van der Waals surface area contributed by atoms with E-state index in [4.69, 9.17) is 21.1 Å². The van der Waals surface area contributed by atoms with Crippen LogP contribution in [0.25, 0.3) is 0 Å². The summed E-state index contributed by atoms with van der Waals surface area (Å²) in [6, 6.07) is 13.7. The van der Waals surface area contributed by atoms with Gasteiger partial charge < -0.3 is 14.8 Å². The Balaban J connectivity index is 2.30. The zero-order chi connectivity index (χ0) is 15.2. The van der Waals surface area contributed by atoms with Gasteiger partial charge in [0.2, 0.25) is 0 Å². The first kappa shape index (κ1) is 15.7. The summed E-state index contributed by atoms with van der Waals surface area (Å²) in [5, 5.41) is 3.96. The van der Waals surface area contributed by atoms with Crippen LogP contribution in [-0.4, -0.2) is 13.2 Å². The number of hydrogen-bond acceptors (Lipinski definition) is 3. The largest absolute Gasteiger partial charge is 0.493 e. The van der Waals surface area contributed by atoms with E-state index in [2.05, 4.69) is 19.2 Å². The monoisotopic (exact) mass is 305 g/mol. The van der Waals surface area contributed by atoms with Crippen LogP contribution in [0.3, 0.4) is 0 Å². The Bertz CT molecular complexity index is 599. The highest BCUT2D eigenvalue weighted by Gasteiger charge is 2.12. The quantitative estimate of drug-likeness (QED) is 0.843. The smallest absolute Gasteiger partial charge is 0.169 e. The van der Waals surface area contributed by atoms with Crippen LogP contribution in [0.2, 0.25) is 5.02 Å². The first-order chi connectivity index (χ1) is 10.1. The predicted molar refractivity (Wildman–Crippen MR) is 86.5 cm³/mol. The Morgan fingerprint density at radius 3 is 2.43 bits per heavy atom. The molecular weight excluding hydrogens is 286 g/mol. The molecule has 2 aromatic rings. The van der Waals surface area contributed by atoms with Crippen molar-refractivity contribution in [1.82, 2.24) is 5.32 Å². The molecule has 0 aliphatic heterocycles. The van der Waals surface area contributed by atoms with Crippen LogP contribution in [0.1, 0.15) is 19.4 Å². The molecule has 21 heavy (non-hydrogen) atoms. The lowest BCUT2D eigenvalue weighted by atomic mass is 10.2. The van der Waals surface area contributed by atoms with Crippen LogP contribution >= 0.6 is 11.6 Å². The minimum atomic E-state index is 0.392. The van der Waals surface area contributed by atoms with Crippen molar-refractivity contribution in [3.8, 4) is 17.2 Å². The van der Waals surface area contributed by atoms with Gasteiger partial charge in [0.25, 0.3) is 0 Å². The third kappa shape index (κ3) is 4.13. The maximum atomic E-state index is 6.30. The summed E-state index contributed by atoms with van der Waals surface area (Å²) in [5.41, 5.74) is 1.02. The summed E-state index contributed by atoms with van der Waals surface area (Å²) < 4.78 is 11.3. The Morgan fingerprint density at radius 1 is 1.05 bits per heavy atom. The van der Waals surface area contributed by atoms with E-state index in [9.17, 15) is 0 Å². The fourth-order valence-corrected chi connectivity index (χ4v) is 2.17. The molecular formula is C17H20ClNO2. The zero-order valence-electron chi connectivity index (χ0n) is 12.5. The molecule has 112 valence electrons. The number of hydrogen-bond donors (Lipinski definition) is 1. The first-order valence-corrected chi connectivity index (χ1v) is 7.31. The van der Waals surface area contributed by atoms with Crippen molar-refractivity contribution in [2.45, 2.75) is 26.4 Å². The second-order valence-corrected chi connectivity index (χ2v) is 5.42. The molecule has 0 bridgehead atoms. The molecule has 0 saturated carbocycles. The number of ether oxygens (including phenoxy) is 2. The van der Waals surface area contributed by atoms with Crippen molar-refractivity contribution >= 4 is 11.6 Å². The van der Waals surface area contributed by atoms with Gasteiger partial charge in [-0.05, 0) is 18.2 Å². The lowest BCUT2D eigenvalue weighted by molar-refractivity contribution is 0.377. The second-order valence-electron chi connectivity index (χ2n) is 5.02. The lowest BCUT2D eigenvalue weighted by Crippen LogP contribution is -2.22. The Morgan fingerprint density at radius 2 is 1.76 bits per heavy atom. The van der Waals surface area contributed by atoms with Crippen molar-refractivity contribution in [1.29, 1.82) is 0 Å². The standard InChI is InChI=1S/C17H20ClNO2/c1-12(2)19-11-13-7-6-8-14(18)17(13)21-16-10-5-4-9-15(16)20-3/h4-10,12,19H,11H2,1-3H3. The van der Waals surface area contributed by atoms with Gasteiger partial charge in [-0.15, -0.1) is 0 Å². The molecule has 0 spiro atoms. The van der Waals surface area contributed by atoms with Gasteiger partial charge in [0, 0.05) is 18.2 Å². The average molecular weight is 306 g/mol. The molecule has 0 fully saturated rings. The minimum Gasteiger partial charge on any atom is -0.493 e. The molecule has 0 unspecified atom stereocenters. The summed E-state index contributed by atoms with van der Waals surface area (Å²) in [6.07, 6.45) is 0. The van der Waals surface area contributed by atoms with Crippen LogP contribution in [-0.2, 0) is 6.54 Å². The Hall–Kier alpha value is -1.71. The van der Waals surface area contributed by atoms with E-state index < -0.39 is 0 Å². The van der Waals surface area contributed by atoms with E-state index in [1.165, 1.54) is 0 Å². The van der Waals surface area contributed by atoms with E-state index in [-0.39, 0.29) is 0 Å². The molecule has 0 aliphatic carbocycles. The van der Waals surface area contributed by atoms with Crippen LogP contribution in [0.4, 0.5) is 0 Å². The first-order valence-electron chi connectivity index (χ1n) is 6.93. The van der Waals surface area contributed by atoms with E-state index in [1.54, 1.807) is 7.11 Å². The highest BCUT2D eigenvalue weighted by Crippen LogP contribution is 2.37. The van der Waals surface area contributed by atoms with Crippen molar-refractivity contribution in [2.24, 2.45) is 0 Å². The SMILES string of the molecule is COc1ccccc1Oc1c(Cl)cccc1CNC(C)C.